The van der Waals surface area contributed by atoms with Gasteiger partial charge in [0.25, 0.3) is 0 Å². The summed E-state index contributed by atoms with van der Waals surface area (Å²) in [5.41, 5.74) is 4.03. The Kier molecular flexibility index (Phi) is 11.6. The van der Waals surface area contributed by atoms with Gasteiger partial charge in [-0.2, -0.15) is 0 Å². The summed E-state index contributed by atoms with van der Waals surface area (Å²) < 4.78 is 0. The molecule has 7 heavy (non-hydrogen) atoms. The molecule has 0 aliphatic carbocycles. The van der Waals surface area contributed by atoms with Gasteiger partial charge < -0.3 is 16.0 Å². The molecule has 0 radical (unpaired) electrons. The van der Waals surface area contributed by atoms with Crippen LogP contribution in [0.25, 0.3) is 0 Å². The highest BCUT2D eigenvalue weighted by atomic mass is 16.6. The van der Waals surface area contributed by atoms with E-state index in [-0.39, 0.29) is 0 Å². The molecule has 6 nitrogen and oxygen atoms in total. The molecule has 0 aliphatic rings. The average Bonchev–Trinajstić information content (AvgIpc) is 1.33. The molecule has 0 atom stereocenters. The van der Waals surface area contributed by atoms with Crippen molar-refractivity contribution < 1.29 is 15.1 Å². The molecule has 0 fully saturated rings. The van der Waals surface area contributed by atoms with E-state index >= 15 is 0 Å². The van der Waals surface area contributed by atoms with Gasteiger partial charge in [0.1, 0.15) is 0 Å². The largest absolute Gasteiger partial charge is 0.465 e. The normalized spacial score (nSPS) is 5.14. The molecule has 0 heterocycles. The maximum Gasteiger partial charge on any atom is 0.402 e. The molecule has 0 aliphatic heterocycles. The lowest BCUT2D eigenvalue weighted by Crippen LogP contribution is -2.03. The van der Waals surface area contributed by atoms with E-state index in [1.807, 2.05) is 0 Å². The SMILES string of the molecule is NC(=O)O.O=NO. The van der Waals surface area contributed by atoms with E-state index in [4.69, 9.17) is 20.0 Å². The van der Waals surface area contributed by atoms with Gasteiger partial charge >= 0.3 is 6.09 Å². The Hall–Kier alpha value is -1.33. The molecule has 0 aromatic rings. The molecular formula is CH4N2O4. The molecule has 4 N–H and O–H groups in total. The number of hydrogen-bond donors (Lipinski definition) is 3. The van der Waals surface area contributed by atoms with Crippen molar-refractivity contribution in [1.82, 2.24) is 0 Å². The topological polar surface area (TPSA) is 113 Å². The van der Waals surface area contributed by atoms with Crippen LogP contribution in [-0.2, 0) is 0 Å². The fraction of sp³-hybridized carbons (Fsp3) is 0. The fourth-order valence-electron chi connectivity index (χ4n) is 0. The predicted molar refractivity (Wildman–Crippen MR) is 19.8 cm³/mol. The Bertz CT molecular complexity index is 56.7. The maximum absolute atomic E-state index is 8.78. The molecule has 6 heteroatoms. The third-order valence-electron chi connectivity index (χ3n) is 0. The minimum atomic E-state index is -1.33. The van der Waals surface area contributed by atoms with Crippen LogP contribution in [0.2, 0.25) is 0 Å². The summed E-state index contributed by atoms with van der Waals surface area (Å²) in [6.45, 7) is 0. The number of rotatable bonds is 0. The highest BCUT2D eigenvalue weighted by Gasteiger charge is 1.65. The minimum Gasteiger partial charge on any atom is -0.465 e. The third kappa shape index (κ3) is 18.8. The van der Waals surface area contributed by atoms with Crippen LogP contribution >= 0.6 is 0 Å². The van der Waals surface area contributed by atoms with Gasteiger partial charge in [0, 0.05) is 0 Å². The summed E-state index contributed by atoms with van der Waals surface area (Å²) in [6.07, 6.45) is -1.33. The Labute approximate surface area is 38.5 Å². The lowest BCUT2D eigenvalue weighted by atomic mass is 11.3. The number of primary amides is 1. The van der Waals surface area contributed by atoms with Crippen LogP contribution in [0.15, 0.2) is 5.34 Å². The summed E-state index contributed by atoms with van der Waals surface area (Å²) in [5.74, 6) is 0. The molecule has 0 saturated heterocycles. The lowest BCUT2D eigenvalue weighted by Gasteiger charge is -1.61. The maximum atomic E-state index is 8.78. The quantitative estimate of drug-likeness (QED) is 0.293. The smallest absolute Gasteiger partial charge is 0.402 e. The predicted octanol–water partition coefficient (Wildman–Crippen LogP) is -0.235. The molecule has 0 saturated carbocycles. The van der Waals surface area contributed by atoms with Crippen LogP contribution in [0.5, 0.6) is 0 Å². The minimum absolute atomic E-state index is 1.25. The van der Waals surface area contributed by atoms with E-state index in [9.17, 15) is 0 Å². The standard InChI is InChI=1S/CH3NO2.HNO2/c2-1(3)4;2-1-3/h2H2,(H,3,4);(H,2,3). The zero-order chi connectivity index (χ0) is 6.28. The molecule has 0 aromatic carbocycles. The van der Waals surface area contributed by atoms with Crippen LogP contribution in [0.3, 0.4) is 0 Å². The van der Waals surface area contributed by atoms with E-state index < -0.39 is 6.09 Å². The van der Waals surface area contributed by atoms with Gasteiger partial charge in [-0.1, -0.05) is 0 Å². The summed E-state index contributed by atoms with van der Waals surface area (Å²) in [5, 5.41) is 15.1. The first-order chi connectivity index (χ1) is 3.15. The molecule has 0 bridgehead atoms. The van der Waals surface area contributed by atoms with Crippen molar-refractivity contribution in [3.8, 4) is 0 Å². The monoisotopic (exact) mass is 108 g/mol. The van der Waals surface area contributed by atoms with E-state index in [0.29, 0.717) is 0 Å². The highest BCUT2D eigenvalue weighted by Crippen LogP contribution is 1.34. The number of carboxylic acid groups (broad SMARTS) is 1. The van der Waals surface area contributed by atoms with Crippen LogP contribution in [-0.4, -0.2) is 16.4 Å². The zero-order valence-corrected chi connectivity index (χ0v) is 3.24. The number of nitrogens with two attached hydrogens (primary N) is 1. The summed E-state index contributed by atoms with van der Waals surface area (Å²) >= 11 is 0. The molecule has 0 rings (SSSR count). The van der Waals surface area contributed by atoms with Crippen LogP contribution in [0.4, 0.5) is 4.79 Å². The van der Waals surface area contributed by atoms with Crippen molar-refractivity contribution in [2.24, 2.45) is 11.1 Å². The lowest BCUT2D eigenvalue weighted by molar-refractivity contribution is 0.205. The van der Waals surface area contributed by atoms with Gasteiger partial charge in [-0.05, 0) is 0 Å². The van der Waals surface area contributed by atoms with Crippen molar-refractivity contribution in [3.63, 3.8) is 0 Å². The molecular weight excluding hydrogens is 104 g/mol. The van der Waals surface area contributed by atoms with Crippen molar-refractivity contribution in [2.75, 3.05) is 0 Å². The molecule has 1 amide bonds. The first-order valence-corrected chi connectivity index (χ1v) is 1.10. The van der Waals surface area contributed by atoms with Crippen LogP contribution in [0, 0.1) is 4.91 Å². The number of carbonyl (C=O) groups is 1. The molecule has 0 spiro atoms. The van der Waals surface area contributed by atoms with Crippen molar-refractivity contribution in [1.29, 1.82) is 0 Å². The van der Waals surface area contributed by atoms with E-state index in [0.717, 1.165) is 0 Å². The summed E-state index contributed by atoms with van der Waals surface area (Å²) in [7, 11) is 0. The molecule has 0 unspecified atom stereocenters. The average molecular weight is 108 g/mol. The van der Waals surface area contributed by atoms with E-state index in [1.54, 1.807) is 0 Å². The zero-order valence-electron chi connectivity index (χ0n) is 3.24. The number of hydrogen-bond acceptors (Lipinski definition) is 3. The summed E-state index contributed by atoms with van der Waals surface area (Å²) in [6, 6.07) is 0. The van der Waals surface area contributed by atoms with Crippen LogP contribution < -0.4 is 5.73 Å². The Morgan fingerprint density at radius 2 is 1.71 bits per heavy atom. The second kappa shape index (κ2) is 8.82. The number of nitrogens with zero attached hydrogens (tertiary/aromatic N) is 1. The highest BCUT2D eigenvalue weighted by molar-refractivity contribution is 5.61. The third-order valence-corrected chi connectivity index (χ3v) is 0. The number of amides is 1. The summed E-state index contributed by atoms with van der Waals surface area (Å²) in [4.78, 5) is 16.9. The van der Waals surface area contributed by atoms with E-state index in [2.05, 4.69) is 5.73 Å². The van der Waals surface area contributed by atoms with Crippen molar-refractivity contribution in [2.45, 2.75) is 0 Å². The van der Waals surface area contributed by atoms with Crippen molar-refractivity contribution in [3.05, 3.63) is 4.91 Å². The Morgan fingerprint density at radius 1 is 1.71 bits per heavy atom. The van der Waals surface area contributed by atoms with Crippen molar-refractivity contribution >= 4 is 6.09 Å². The van der Waals surface area contributed by atoms with Gasteiger partial charge in [0.05, 0.1) is 0 Å². The van der Waals surface area contributed by atoms with Crippen LogP contribution in [0.1, 0.15) is 0 Å². The van der Waals surface area contributed by atoms with Gasteiger partial charge in [-0.25, -0.2) is 4.79 Å². The van der Waals surface area contributed by atoms with Gasteiger partial charge in [-0.15, -0.1) is 4.91 Å². The molecule has 42 valence electrons. The van der Waals surface area contributed by atoms with Gasteiger partial charge in [-0.3, -0.25) is 0 Å². The molecule has 0 aromatic heterocycles. The fourth-order valence-corrected chi connectivity index (χ4v) is 0. The Morgan fingerprint density at radius 3 is 1.71 bits per heavy atom. The van der Waals surface area contributed by atoms with E-state index in [1.165, 1.54) is 5.34 Å². The Balaban J connectivity index is 0. The second-order valence-corrected chi connectivity index (χ2v) is 0.420. The second-order valence-electron chi connectivity index (χ2n) is 0.420. The first-order valence-electron chi connectivity index (χ1n) is 1.10. The van der Waals surface area contributed by atoms with Gasteiger partial charge in [0.2, 0.25) is 0 Å². The first kappa shape index (κ1) is 9.18. The van der Waals surface area contributed by atoms with Gasteiger partial charge in [0.15, 0.2) is 5.34 Å².